The van der Waals surface area contributed by atoms with Crippen molar-refractivity contribution in [1.82, 2.24) is 0 Å². The maximum absolute atomic E-state index is 12.9. The summed E-state index contributed by atoms with van der Waals surface area (Å²) < 4.78 is 18.1. The van der Waals surface area contributed by atoms with Gasteiger partial charge in [-0.25, -0.2) is 4.39 Å². The number of thioether (sulfide) groups is 1. The zero-order chi connectivity index (χ0) is 20.7. The smallest absolute Gasteiger partial charge is 0.319 e. The highest BCUT2D eigenvalue weighted by molar-refractivity contribution is 8.01. The molecular formula is C21H22FNO4S. The molecule has 0 spiro atoms. The summed E-state index contributed by atoms with van der Waals surface area (Å²) in [6.45, 7) is 5.06. The lowest BCUT2D eigenvalue weighted by molar-refractivity contribution is -0.145. The average Bonchev–Trinajstić information content (AvgIpc) is 2.67. The summed E-state index contributed by atoms with van der Waals surface area (Å²) in [6.07, 6.45) is -0.911. The summed E-state index contributed by atoms with van der Waals surface area (Å²) in [7, 11) is 0. The lowest BCUT2D eigenvalue weighted by Gasteiger charge is -2.16. The summed E-state index contributed by atoms with van der Waals surface area (Å²) in [4.78, 5) is 36.5. The molecule has 1 N–H and O–H groups in total. The molecular weight excluding hydrogens is 381 g/mol. The Kier molecular flexibility index (Phi) is 7.75. The molecule has 0 heterocycles. The van der Waals surface area contributed by atoms with Crippen molar-refractivity contribution in [2.75, 3.05) is 11.1 Å². The van der Waals surface area contributed by atoms with Gasteiger partial charge >= 0.3 is 5.97 Å². The number of hydrogen-bond donors (Lipinski definition) is 1. The van der Waals surface area contributed by atoms with Crippen LogP contribution in [0.3, 0.4) is 0 Å². The van der Waals surface area contributed by atoms with E-state index in [-0.39, 0.29) is 17.4 Å². The van der Waals surface area contributed by atoms with Crippen molar-refractivity contribution in [2.24, 2.45) is 0 Å². The van der Waals surface area contributed by atoms with E-state index in [1.54, 1.807) is 19.1 Å². The van der Waals surface area contributed by atoms with Gasteiger partial charge in [0.25, 0.3) is 0 Å². The molecule has 0 radical (unpaired) electrons. The molecule has 1 amide bonds. The predicted octanol–water partition coefficient (Wildman–Crippen LogP) is 4.01. The summed E-state index contributed by atoms with van der Waals surface area (Å²) in [6, 6.07) is 12.4. The van der Waals surface area contributed by atoms with Gasteiger partial charge in [-0.15, -0.1) is 11.8 Å². The minimum absolute atomic E-state index is 0.0218. The zero-order valence-electron chi connectivity index (χ0n) is 15.9. The van der Waals surface area contributed by atoms with Crippen molar-refractivity contribution < 1.29 is 23.5 Å². The maximum Gasteiger partial charge on any atom is 0.319 e. The summed E-state index contributed by atoms with van der Waals surface area (Å²) in [5.74, 6) is -1.53. The van der Waals surface area contributed by atoms with Gasteiger partial charge in [0.2, 0.25) is 11.7 Å². The third-order valence-corrected chi connectivity index (χ3v) is 5.04. The lowest BCUT2D eigenvalue weighted by Crippen LogP contribution is -2.29. The van der Waals surface area contributed by atoms with E-state index >= 15 is 0 Å². The van der Waals surface area contributed by atoms with Gasteiger partial charge in [0.1, 0.15) is 11.1 Å². The number of esters is 1. The Balaban J connectivity index is 1.79. The van der Waals surface area contributed by atoms with E-state index in [2.05, 4.69) is 5.32 Å². The molecule has 28 heavy (non-hydrogen) atoms. The van der Waals surface area contributed by atoms with Crippen LogP contribution in [-0.2, 0) is 14.3 Å². The van der Waals surface area contributed by atoms with Crippen LogP contribution in [0.15, 0.2) is 48.5 Å². The first-order valence-electron chi connectivity index (χ1n) is 8.74. The maximum atomic E-state index is 12.9. The highest BCUT2D eigenvalue weighted by Gasteiger charge is 2.23. The average molecular weight is 403 g/mol. The quantitative estimate of drug-likeness (QED) is 0.533. The molecule has 2 aromatic rings. The fraction of sp³-hybridized carbons (Fsp3) is 0.286. The summed E-state index contributed by atoms with van der Waals surface area (Å²) >= 11 is 1.09. The van der Waals surface area contributed by atoms with Crippen LogP contribution in [-0.4, -0.2) is 34.8 Å². The van der Waals surface area contributed by atoms with Crippen molar-refractivity contribution in [1.29, 1.82) is 0 Å². The molecule has 0 aliphatic heterocycles. The van der Waals surface area contributed by atoms with Gasteiger partial charge in [0.05, 0.1) is 5.75 Å². The van der Waals surface area contributed by atoms with Crippen molar-refractivity contribution in [2.45, 2.75) is 32.1 Å². The summed E-state index contributed by atoms with van der Waals surface area (Å²) in [5, 5.41) is 2.00. The lowest BCUT2D eigenvalue weighted by atomic mass is 10.1. The number of hydrogen-bond acceptors (Lipinski definition) is 5. The van der Waals surface area contributed by atoms with Crippen LogP contribution in [0.1, 0.15) is 29.8 Å². The second-order valence-corrected chi connectivity index (χ2v) is 7.65. The fourth-order valence-electron chi connectivity index (χ4n) is 2.28. The fourth-order valence-corrected chi connectivity index (χ4v) is 2.94. The number of rotatable bonds is 8. The number of ether oxygens (including phenoxy) is 1. The highest BCUT2D eigenvalue weighted by atomic mass is 32.2. The van der Waals surface area contributed by atoms with Crippen molar-refractivity contribution in [3.8, 4) is 0 Å². The number of carbonyl (C=O) groups excluding carboxylic acids is 3. The number of amides is 1. The second-order valence-electron chi connectivity index (χ2n) is 6.32. The largest absolute Gasteiger partial charge is 0.453 e. The third-order valence-electron chi connectivity index (χ3n) is 3.92. The molecule has 0 fully saturated rings. The second kappa shape index (κ2) is 10.0. The van der Waals surface area contributed by atoms with E-state index < -0.39 is 23.1 Å². The SMILES string of the molecule is Cc1ccc(C(=O)C(C)OC(=O)C(C)SCC(=O)Nc2ccc(F)cc2)cc1. The standard InChI is InChI=1S/C21H22FNO4S/c1-13-4-6-16(7-5-13)20(25)14(2)27-21(26)15(3)28-12-19(24)23-18-10-8-17(22)9-11-18/h4-11,14-15H,12H2,1-3H3,(H,23,24). The van der Waals surface area contributed by atoms with Gasteiger partial charge in [-0.1, -0.05) is 29.8 Å². The number of anilines is 1. The Morgan fingerprint density at radius 2 is 1.64 bits per heavy atom. The van der Waals surface area contributed by atoms with E-state index in [1.165, 1.54) is 31.2 Å². The van der Waals surface area contributed by atoms with Crippen LogP contribution in [0.25, 0.3) is 0 Å². The van der Waals surface area contributed by atoms with Crippen LogP contribution >= 0.6 is 11.8 Å². The molecule has 0 saturated carbocycles. The van der Waals surface area contributed by atoms with Gasteiger partial charge in [0, 0.05) is 11.3 Å². The number of ketones is 1. The molecule has 2 unspecified atom stereocenters. The molecule has 2 rings (SSSR count). The molecule has 5 nitrogen and oxygen atoms in total. The van der Waals surface area contributed by atoms with Crippen LogP contribution in [0.5, 0.6) is 0 Å². The van der Waals surface area contributed by atoms with Crippen molar-refractivity contribution >= 4 is 35.1 Å². The van der Waals surface area contributed by atoms with E-state index in [0.29, 0.717) is 11.3 Å². The topological polar surface area (TPSA) is 72.5 Å². The number of benzene rings is 2. The third kappa shape index (κ3) is 6.49. The Hall–Kier alpha value is -2.67. The highest BCUT2D eigenvalue weighted by Crippen LogP contribution is 2.16. The predicted molar refractivity (Wildman–Crippen MR) is 108 cm³/mol. The van der Waals surface area contributed by atoms with Gasteiger partial charge in [-0.05, 0) is 45.0 Å². The van der Waals surface area contributed by atoms with Crippen LogP contribution in [0, 0.1) is 12.7 Å². The Morgan fingerprint density at radius 1 is 1.04 bits per heavy atom. The van der Waals surface area contributed by atoms with Gasteiger partial charge in [-0.2, -0.15) is 0 Å². The first kappa shape index (κ1) is 21.6. The van der Waals surface area contributed by atoms with E-state index in [9.17, 15) is 18.8 Å². The zero-order valence-corrected chi connectivity index (χ0v) is 16.7. The Bertz CT molecular complexity index is 836. The molecule has 0 aliphatic carbocycles. The van der Waals surface area contributed by atoms with E-state index in [0.717, 1.165) is 17.3 Å². The monoisotopic (exact) mass is 403 g/mol. The molecule has 148 valence electrons. The number of Topliss-reactive ketones (excluding diaryl/α,β-unsaturated/α-hetero) is 1. The number of carbonyl (C=O) groups is 3. The first-order chi connectivity index (χ1) is 13.3. The van der Waals surface area contributed by atoms with Crippen LogP contribution in [0.4, 0.5) is 10.1 Å². The molecule has 7 heteroatoms. The van der Waals surface area contributed by atoms with Gasteiger partial charge in [0.15, 0.2) is 6.10 Å². The first-order valence-corrected chi connectivity index (χ1v) is 9.79. The van der Waals surface area contributed by atoms with Gasteiger partial charge < -0.3 is 10.1 Å². The number of halogens is 1. The van der Waals surface area contributed by atoms with Gasteiger partial charge in [-0.3, -0.25) is 14.4 Å². The van der Waals surface area contributed by atoms with Crippen LogP contribution in [0.2, 0.25) is 0 Å². The number of nitrogens with one attached hydrogen (secondary N) is 1. The molecule has 0 bridgehead atoms. The minimum atomic E-state index is -0.911. The van der Waals surface area contributed by atoms with E-state index in [4.69, 9.17) is 4.74 Å². The minimum Gasteiger partial charge on any atom is -0.453 e. The van der Waals surface area contributed by atoms with E-state index in [1.807, 2.05) is 19.1 Å². The summed E-state index contributed by atoms with van der Waals surface area (Å²) in [5.41, 5.74) is 1.98. The van der Waals surface area contributed by atoms with Crippen LogP contribution < -0.4 is 5.32 Å². The van der Waals surface area contributed by atoms with Crippen molar-refractivity contribution in [3.63, 3.8) is 0 Å². The normalized spacial score (nSPS) is 12.7. The van der Waals surface area contributed by atoms with Crippen molar-refractivity contribution in [3.05, 3.63) is 65.5 Å². The Morgan fingerprint density at radius 3 is 2.25 bits per heavy atom. The molecule has 2 atom stereocenters. The molecule has 0 saturated heterocycles. The Labute approximate surface area is 167 Å². The molecule has 0 aromatic heterocycles. The molecule has 0 aliphatic rings. The number of aryl methyl sites for hydroxylation is 1. The molecule has 2 aromatic carbocycles.